The second kappa shape index (κ2) is 19.0. The van der Waals surface area contributed by atoms with E-state index < -0.39 is 10.5 Å². The standard InChI is InChI=1S/C6H6.2C4H5ClO.CH4/c1-2-4-6-5-3-1;2*1-2-3-4(5)6;/h1-6H;2*2-3H,1H3;1H4/i;;;1T. The van der Waals surface area contributed by atoms with E-state index in [0.29, 0.717) is 0 Å². The fourth-order valence-corrected chi connectivity index (χ4v) is 0.899. The van der Waals surface area contributed by atoms with Crippen molar-refractivity contribution in [2.75, 3.05) is 0 Å². The molecule has 0 aliphatic heterocycles. The molecule has 0 atom stereocenters. The predicted molar refractivity (Wildman–Crippen MR) is 84.5 cm³/mol. The molecule has 106 valence electrons. The molecule has 0 fully saturated rings. The first-order valence-corrected chi connectivity index (χ1v) is 5.94. The van der Waals surface area contributed by atoms with Crippen molar-refractivity contribution < 1.29 is 11.0 Å². The van der Waals surface area contributed by atoms with Crippen molar-refractivity contribution in [1.29, 1.82) is 0 Å². The first-order valence-electron chi connectivity index (χ1n) is 6.18. The first-order chi connectivity index (χ1) is 9.54. The zero-order valence-electron chi connectivity index (χ0n) is 12.3. The van der Waals surface area contributed by atoms with Crippen molar-refractivity contribution in [3.8, 4) is 0 Å². The van der Waals surface area contributed by atoms with Crippen molar-refractivity contribution in [2.24, 2.45) is 0 Å². The number of hydrogen-bond acceptors (Lipinski definition) is 2. The van der Waals surface area contributed by atoms with Crippen LogP contribution in [0.4, 0.5) is 0 Å². The van der Waals surface area contributed by atoms with E-state index in [2.05, 4.69) is 0 Å². The fourth-order valence-electron chi connectivity index (χ4n) is 0.647. The summed E-state index contributed by atoms with van der Waals surface area (Å²) in [5, 5.41) is -0.838. The molecule has 1 aromatic rings. The summed E-state index contributed by atoms with van der Waals surface area (Å²) in [5.41, 5.74) is 0. The topological polar surface area (TPSA) is 34.1 Å². The van der Waals surface area contributed by atoms with Gasteiger partial charge in [-0.05, 0) is 49.2 Å². The zero-order chi connectivity index (χ0) is 16.2. The molecule has 1 rings (SSSR count). The van der Waals surface area contributed by atoms with Crippen LogP contribution >= 0.6 is 23.2 Å². The molecule has 4 heteroatoms. The molecule has 0 bridgehead atoms. The predicted octanol–water partition coefficient (Wildman–Crippen LogP) is 4.98. The van der Waals surface area contributed by atoms with Crippen LogP contribution in [-0.4, -0.2) is 10.5 Å². The minimum Gasteiger partial charge on any atom is -0.276 e. The second-order valence-electron chi connectivity index (χ2n) is 2.76. The maximum Gasteiger partial charge on any atom is 0.244 e. The van der Waals surface area contributed by atoms with Gasteiger partial charge in [-0.15, -0.1) is 0 Å². The molecule has 0 heterocycles. The van der Waals surface area contributed by atoms with Gasteiger partial charge in [-0.25, -0.2) is 0 Å². The van der Waals surface area contributed by atoms with Gasteiger partial charge in [0.2, 0.25) is 10.5 Å². The normalized spacial score (nSPS) is 9.00. The summed E-state index contributed by atoms with van der Waals surface area (Å²) in [6, 6.07) is 12.0. The molecular weight excluding hydrogens is 283 g/mol. The Bertz CT molecular complexity index is 328. The van der Waals surface area contributed by atoms with Gasteiger partial charge in [-0.2, -0.15) is 0 Å². The molecule has 0 spiro atoms. The first kappa shape index (κ1) is 19.9. The Morgan fingerprint density at radius 1 is 0.842 bits per heavy atom. The number of carbonyl (C=O) groups excluding carboxylic acids is 2. The molecular formula is C15H20Cl2O2. The van der Waals surface area contributed by atoms with Gasteiger partial charge in [-0.3, -0.25) is 9.59 Å². The van der Waals surface area contributed by atoms with Crippen molar-refractivity contribution in [2.45, 2.75) is 21.3 Å². The van der Waals surface area contributed by atoms with E-state index in [-0.39, 0.29) is 0 Å². The fraction of sp³-hybridized carbons (Fsp3) is 0.200. The van der Waals surface area contributed by atoms with Crippen molar-refractivity contribution in [3.63, 3.8) is 0 Å². The van der Waals surface area contributed by atoms with Gasteiger partial charge >= 0.3 is 0 Å². The summed E-state index contributed by atoms with van der Waals surface area (Å²) in [6.07, 6.45) is 5.77. The van der Waals surface area contributed by atoms with E-state index in [9.17, 15) is 9.59 Å². The monoisotopic (exact) mass is 304 g/mol. The molecule has 19 heavy (non-hydrogen) atoms. The highest BCUT2D eigenvalue weighted by atomic mass is 35.5. The Labute approximate surface area is 127 Å². The summed E-state index contributed by atoms with van der Waals surface area (Å²) < 4.78 is 5.75. The third-order valence-electron chi connectivity index (χ3n) is 1.26. The lowest BCUT2D eigenvalue weighted by Crippen LogP contribution is -1.70. The van der Waals surface area contributed by atoms with Crippen LogP contribution < -0.4 is 0 Å². The number of hydrogen-bond donors (Lipinski definition) is 0. The lowest BCUT2D eigenvalue weighted by molar-refractivity contribution is -0.108. The highest BCUT2D eigenvalue weighted by Crippen LogP contribution is 1.80. The molecule has 0 aliphatic rings. The van der Waals surface area contributed by atoms with Crippen LogP contribution in [0.5, 0.6) is 0 Å². The van der Waals surface area contributed by atoms with Crippen LogP contribution in [0, 0.1) is 0 Å². The van der Waals surface area contributed by atoms with Crippen LogP contribution in [0.3, 0.4) is 0 Å². The Balaban J connectivity index is -0.000000204. The van der Waals surface area contributed by atoms with E-state index in [0.717, 1.165) is 0 Å². The summed E-state index contributed by atoms with van der Waals surface area (Å²) in [6.45, 7) is 3.47. The molecule has 0 unspecified atom stereocenters. The minimum absolute atomic E-state index is 0.419. The van der Waals surface area contributed by atoms with Gasteiger partial charge in [0.25, 0.3) is 0 Å². The van der Waals surface area contributed by atoms with Crippen LogP contribution in [0.25, 0.3) is 0 Å². The maximum atomic E-state index is 9.72. The molecule has 0 saturated carbocycles. The van der Waals surface area contributed by atoms with E-state index in [1.165, 1.54) is 19.6 Å². The van der Waals surface area contributed by atoms with Crippen LogP contribution in [0.15, 0.2) is 60.7 Å². The summed E-state index contributed by atoms with van der Waals surface area (Å²) in [4.78, 5) is 19.4. The summed E-state index contributed by atoms with van der Waals surface area (Å²) in [7, 11) is 1.25. The smallest absolute Gasteiger partial charge is 0.244 e. The largest absolute Gasteiger partial charge is 0.276 e. The van der Waals surface area contributed by atoms with Gasteiger partial charge in [0.05, 0.1) is 0 Å². The van der Waals surface area contributed by atoms with Crippen LogP contribution in [0.1, 0.15) is 22.6 Å². The summed E-state index contributed by atoms with van der Waals surface area (Å²) in [5.74, 6) is 0. The van der Waals surface area contributed by atoms with Crippen molar-refractivity contribution in [1.82, 2.24) is 0 Å². The molecule has 0 N–H and O–H groups in total. The van der Waals surface area contributed by atoms with Gasteiger partial charge < -0.3 is 0 Å². The number of allylic oxidation sites excluding steroid dienone is 4. The summed E-state index contributed by atoms with van der Waals surface area (Å²) >= 11 is 9.70. The highest BCUT2D eigenvalue weighted by molar-refractivity contribution is 6.66. The zero-order valence-corrected chi connectivity index (χ0v) is 12.9. The van der Waals surface area contributed by atoms with E-state index in [1.807, 2.05) is 36.4 Å². The number of halogens is 2. The average Bonchev–Trinajstić information content (AvgIpc) is 2.44. The molecule has 1 aromatic carbocycles. The maximum absolute atomic E-state index is 9.72. The molecule has 2 nitrogen and oxygen atoms in total. The molecule has 0 amide bonds. The molecule has 0 radical (unpaired) electrons. The van der Waals surface area contributed by atoms with Crippen molar-refractivity contribution in [3.05, 3.63) is 60.7 Å². The van der Waals surface area contributed by atoms with Gasteiger partial charge in [-0.1, -0.05) is 56.0 Å². The molecule has 0 aromatic heterocycles. The van der Waals surface area contributed by atoms with Gasteiger partial charge in [0, 0.05) is 1.37 Å². The number of rotatable bonds is 2. The lowest BCUT2D eigenvalue weighted by Gasteiger charge is -1.69. The average molecular weight is 305 g/mol. The SMILES string of the molecule is CC=CC(=O)Cl.CC=CC(=O)Cl.[3H]C.c1ccccc1. The Hall–Kier alpha value is -1.38. The van der Waals surface area contributed by atoms with Gasteiger partial charge in [0.15, 0.2) is 0 Å². The van der Waals surface area contributed by atoms with Crippen LogP contribution in [0.2, 0.25) is 0 Å². The Kier molecular flexibility index (Phi) is 19.9. The third kappa shape index (κ3) is 31.5. The lowest BCUT2D eigenvalue weighted by atomic mass is 10.4. The third-order valence-corrected chi connectivity index (χ3v) is 1.51. The quantitative estimate of drug-likeness (QED) is 0.570. The van der Waals surface area contributed by atoms with Crippen molar-refractivity contribution >= 4 is 33.7 Å². The van der Waals surface area contributed by atoms with E-state index in [4.69, 9.17) is 24.6 Å². The Morgan fingerprint density at radius 2 is 1.05 bits per heavy atom. The van der Waals surface area contributed by atoms with Gasteiger partial charge in [0.1, 0.15) is 0 Å². The highest BCUT2D eigenvalue weighted by Gasteiger charge is 1.77. The Morgan fingerprint density at radius 3 is 1.11 bits per heavy atom. The number of benzene rings is 1. The molecule has 0 saturated heterocycles. The number of carbonyl (C=O) groups is 2. The minimum atomic E-state index is -0.419. The molecule has 0 aliphatic carbocycles. The van der Waals surface area contributed by atoms with Crippen LogP contribution in [-0.2, 0) is 9.59 Å². The van der Waals surface area contributed by atoms with E-state index in [1.54, 1.807) is 26.0 Å². The van der Waals surface area contributed by atoms with E-state index >= 15 is 0 Å². The second-order valence-corrected chi connectivity index (χ2v) is 3.51.